The number of nitrogens with zero attached hydrogens (tertiary/aromatic N) is 4. The second-order valence-corrected chi connectivity index (χ2v) is 6.48. The first-order valence-corrected chi connectivity index (χ1v) is 8.59. The number of ether oxygens (including phenoxy) is 2. The summed E-state index contributed by atoms with van der Waals surface area (Å²) in [6, 6.07) is 5.72. The number of carbonyl (C=O) groups is 1. The lowest BCUT2D eigenvalue weighted by atomic mass is 9.91. The third-order valence-electron chi connectivity index (χ3n) is 4.83. The molecule has 148 valence electrons. The highest BCUT2D eigenvalue weighted by molar-refractivity contribution is 5.82. The molecule has 10 heteroatoms. The molecule has 1 aromatic rings. The van der Waals surface area contributed by atoms with Crippen LogP contribution >= 0.6 is 0 Å². The van der Waals surface area contributed by atoms with E-state index in [9.17, 15) is 18.0 Å². The van der Waals surface area contributed by atoms with E-state index in [2.05, 4.69) is 20.7 Å². The predicted octanol–water partition coefficient (Wildman–Crippen LogP) is 3.12. The predicted molar refractivity (Wildman–Crippen MR) is 91.7 cm³/mol. The highest BCUT2D eigenvalue weighted by Crippen LogP contribution is 2.32. The zero-order valence-corrected chi connectivity index (χ0v) is 14.7. The first kappa shape index (κ1) is 20.0. The molecule has 28 heavy (non-hydrogen) atoms. The molecule has 4 atom stereocenters. The Morgan fingerprint density at radius 2 is 2.18 bits per heavy atom. The Morgan fingerprint density at radius 1 is 1.43 bits per heavy atom. The quantitative estimate of drug-likeness (QED) is 0.342. The fourth-order valence-electron chi connectivity index (χ4n) is 3.57. The van der Waals surface area contributed by atoms with E-state index in [1.807, 2.05) is 24.3 Å². The average Bonchev–Trinajstić information content (AvgIpc) is 2.67. The van der Waals surface area contributed by atoms with Gasteiger partial charge >= 0.3 is 6.36 Å². The number of hydrogen-bond donors (Lipinski definition) is 0. The molecular formula is C18H17F3N4O3. The number of terminal acetylenes is 1. The number of azide groups is 1. The first-order chi connectivity index (χ1) is 13.3. The van der Waals surface area contributed by atoms with E-state index in [1.54, 1.807) is 0 Å². The Labute approximate surface area is 159 Å². The lowest BCUT2D eigenvalue weighted by Crippen LogP contribution is -2.52. The molecule has 1 unspecified atom stereocenters. The maximum atomic E-state index is 13.0. The molecule has 0 bridgehead atoms. The van der Waals surface area contributed by atoms with Crippen molar-refractivity contribution in [1.82, 2.24) is 4.90 Å². The zero-order chi connectivity index (χ0) is 20.3. The van der Waals surface area contributed by atoms with Gasteiger partial charge in [-0.05, 0) is 29.5 Å². The molecule has 1 aromatic carbocycles. The number of rotatable bonds is 3. The van der Waals surface area contributed by atoms with Crippen molar-refractivity contribution >= 4 is 5.91 Å². The van der Waals surface area contributed by atoms with Gasteiger partial charge in [-0.3, -0.25) is 9.53 Å². The standard InChI is InChI=1S/C18H17F3N4O3/c1-2-14-12-6-4-3-5-11(12)7-8-25(14)17(26)15-9-13(23-24-22)16(10-27-15)28-18(19,20)21/h1,3-6,13-16H,7-10H2/t13?,14-,15+,16-/m0/s1. The number of alkyl halides is 3. The van der Waals surface area contributed by atoms with Gasteiger partial charge in [0.15, 0.2) is 0 Å². The van der Waals surface area contributed by atoms with Crippen LogP contribution in [0.1, 0.15) is 23.6 Å². The lowest BCUT2D eigenvalue weighted by molar-refractivity contribution is -0.353. The highest BCUT2D eigenvalue weighted by atomic mass is 19.4. The maximum Gasteiger partial charge on any atom is 0.522 e. The van der Waals surface area contributed by atoms with E-state index in [0.29, 0.717) is 13.0 Å². The first-order valence-electron chi connectivity index (χ1n) is 8.59. The molecule has 2 aliphatic rings. The zero-order valence-electron chi connectivity index (χ0n) is 14.7. The van der Waals surface area contributed by atoms with Crippen LogP contribution in [0.25, 0.3) is 10.4 Å². The number of fused-ring (bicyclic) bond motifs is 1. The van der Waals surface area contributed by atoms with Crippen LogP contribution in [0.3, 0.4) is 0 Å². The Bertz CT molecular complexity index is 832. The monoisotopic (exact) mass is 394 g/mol. The minimum absolute atomic E-state index is 0.223. The van der Waals surface area contributed by atoms with Gasteiger partial charge in [0, 0.05) is 11.5 Å². The van der Waals surface area contributed by atoms with Crippen molar-refractivity contribution in [1.29, 1.82) is 0 Å². The molecule has 1 saturated heterocycles. The molecule has 0 saturated carbocycles. The molecule has 0 spiro atoms. The van der Waals surface area contributed by atoms with Crippen molar-refractivity contribution in [3.05, 3.63) is 45.8 Å². The summed E-state index contributed by atoms with van der Waals surface area (Å²) in [6.07, 6.45) is -1.45. The summed E-state index contributed by atoms with van der Waals surface area (Å²) in [5.74, 6) is 2.16. The maximum absolute atomic E-state index is 13.0. The van der Waals surface area contributed by atoms with Crippen LogP contribution in [0.2, 0.25) is 0 Å². The molecule has 2 aliphatic heterocycles. The Kier molecular flexibility index (Phi) is 5.79. The summed E-state index contributed by atoms with van der Waals surface area (Å²) < 4.78 is 46.9. The van der Waals surface area contributed by atoms with Crippen molar-refractivity contribution in [2.45, 2.75) is 43.5 Å². The van der Waals surface area contributed by atoms with Crippen molar-refractivity contribution in [2.24, 2.45) is 5.11 Å². The van der Waals surface area contributed by atoms with Crippen LogP contribution in [0.5, 0.6) is 0 Å². The van der Waals surface area contributed by atoms with Crippen LogP contribution in [0.4, 0.5) is 13.2 Å². The molecule has 0 aromatic heterocycles. The molecule has 1 amide bonds. The Balaban J connectivity index is 1.76. The minimum atomic E-state index is -4.90. The summed E-state index contributed by atoms with van der Waals surface area (Å²) >= 11 is 0. The molecule has 2 heterocycles. The number of benzene rings is 1. The largest absolute Gasteiger partial charge is 0.522 e. The number of halogens is 3. The topological polar surface area (TPSA) is 87.5 Å². The van der Waals surface area contributed by atoms with Gasteiger partial charge in [-0.2, -0.15) is 0 Å². The fourth-order valence-corrected chi connectivity index (χ4v) is 3.57. The molecule has 7 nitrogen and oxygen atoms in total. The van der Waals surface area contributed by atoms with Crippen molar-refractivity contribution in [3.8, 4) is 12.3 Å². The number of carbonyl (C=O) groups excluding carboxylic acids is 1. The number of hydrogen-bond acceptors (Lipinski definition) is 4. The van der Waals surface area contributed by atoms with Gasteiger partial charge < -0.3 is 9.64 Å². The van der Waals surface area contributed by atoms with Crippen molar-refractivity contribution in [2.75, 3.05) is 13.2 Å². The Hall–Kier alpha value is -2.73. The van der Waals surface area contributed by atoms with E-state index in [-0.39, 0.29) is 6.42 Å². The Morgan fingerprint density at radius 3 is 2.86 bits per heavy atom. The summed E-state index contributed by atoms with van der Waals surface area (Å²) in [7, 11) is 0. The summed E-state index contributed by atoms with van der Waals surface area (Å²) in [4.78, 5) is 17.0. The molecule has 0 N–H and O–H groups in total. The van der Waals surface area contributed by atoms with E-state index in [0.717, 1.165) is 11.1 Å². The van der Waals surface area contributed by atoms with Gasteiger partial charge in [0.2, 0.25) is 0 Å². The van der Waals surface area contributed by atoms with Gasteiger partial charge in [-0.1, -0.05) is 35.3 Å². The molecular weight excluding hydrogens is 377 g/mol. The summed E-state index contributed by atoms with van der Waals surface area (Å²) in [6.45, 7) is -0.163. The second-order valence-electron chi connectivity index (χ2n) is 6.48. The van der Waals surface area contributed by atoms with Crippen LogP contribution in [0, 0.1) is 12.3 Å². The molecule has 0 radical (unpaired) electrons. The van der Waals surface area contributed by atoms with E-state index < -0.39 is 43.2 Å². The van der Waals surface area contributed by atoms with Crippen molar-refractivity contribution < 1.29 is 27.4 Å². The van der Waals surface area contributed by atoms with Crippen LogP contribution < -0.4 is 0 Å². The SMILES string of the molecule is C#C[C@H]1c2ccccc2CCN1C(=O)[C@H]1CC(N=[N+]=[N-])[C@@H](OC(F)(F)F)CO1. The second kappa shape index (κ2) is 8.10. The summed E-state index contributed by atoms with van der Waals surface area (Å²) in [5.41, 5.74) is 10.5. The normalized spacial score (nSPS) is 27.3. The van der Waals surface area contributed by atoms with Gasteiger partial charge in [0.05, 0.1) is 18.8 Å². The highest BCUT2D eigenvalue weighted by Gasteiger charge is 2.43. The number of amides is 1. The van der Waals surface area contributed by atoms with Gasteiger partial charge in [-0.15, -0.1) is 19.6 Å². The average molecular weight is 394 g/mol. The third-order valence-corrected chi connectivity index (χ3v) is 4.83. The van der Waals surface area contributed by atoms with Crippen LogP contribution in [0.15, 0.2) is 29.4 Å². The third kappa shape index (κ3) is 4.22. The minimum Gasteiger partial charge on any atom is -0.366 e. The van der Waals surface area contributed by atoms with E-state index in [4.69, 9.17) is 16.7 Å². The molecule has 1 fully saturated rings. The molecule has 0 aliphatic carbocycles. The van der Waals surface area contributed by atoms with E-state index >= 15 is 0 Å². The summed E-state index contributed by atoms with van der Waals surface area (Å²) in [5, 5.41) is 3.37. The van der Waals surface area contributed by atoms with Gasteiger partial charge in [-0.25, -0.2) is 0 Å². The van der Waals surface area contributed by atoms with Crippen LogP contribution in [-0.4, -0.2) is 48.6 Å². The fraction of sp³-hybridized carbons (Fsp3) is 0.500. The van der Waals surface area contributed by atoms with Gasteiger partial charge in [0.1, 0.15) is 12.1 Å². The smallest absolute Gasteiger partial charge is 0.366 e. The lowest BCUT2D eigenvalue weighted by Gasteiger charge is -2.39. The van der Waals surface area contributed by atoms with Gasteiger partial charge in [0.25, 0.3) is 5.91 Å². The van der Waals surface area contributed by atoms with Crippen molar-refractivity contribution in [3.63, 3.8) is 0 Å². The molecule has 3 rings (SSSR count). The van der Waals surface area contributed by atoms with E-state index in [1.165, 1.54) is 4.90 Å². The van der Waals surface area contributed by atoms with Crippen LogP contribution in [-0.2, 0) is 20.7 Å².